The van der Waals surface area contributed by atoms with E-state index in [9.17, 15) is 9.59 Å². The number of likely N-dealkylation sites (tertiary alicyclic amines) is 2. The van der Waals surface area contributed by atoms with Crippen molar-refractivity contribution in [2.75, 3.05) is 26.2 Å². The summed E-state index contributed by atoms with van der Waals surface area (Å²) in [6, 6.07) is 5.94. The molecule has 0 aliphatic carbocycles. The van der Waals surface area contributed by atoms with Crippen molar-refractivity contribution in [3.8, 4) is 5.75 Å². The molecule has 8 heteroatoms. The molecule has 2 amide bonds. The van der Waals surface area contributed by atoms with Crippen LogP contribution in [0.1, 0.15) is 58.6 Å². The first-order chi connectivity index (χ1) is 15.2. The van der Waals surface area contributed by atoms with Crippen LogP contribution >= 0.6 is 0 Å². The average Bonchev–Trinajstić information content (AvgIpc) is 3.21. The second-order valence-electron chi connectivity index (χ2n) is 9.67. The lowest BCUT2D eigenvalue weighted by Crippen LogP contribution is -2.41. The van der Waals surface area contributed by atoms with E-state index in [0.717, 1.165) is 48.2 Å². The van der Waals surface area contributed by atoms with Gasteiger partial charge in [-0.05, 0) is 45.7 Å². The SMILES string of the molecule is CC(=O)N1CC[C@@H](Oc2ccc3c(C4CCN(C(=O)OC(C)(C)C)CC4)ncnc3c2)C1. The smallest absolute Gasteiger partial charge is 0.410 e. The van der Waals surface area contributed by atoms with Gasteiger partial charge < -0.3 is 19.3 Å². The molecule has 2 fully saturated rings. The first-order valence-electron chi connectivity index (χ1n) is 11.3. The number of piperidine rings is 1. The van der Waals surface area contributed by atoms with E-state index in [4.69, 9.17) is 9.47 Å². The van der Waals surface area contributed by atoms with E-state index in [2.05, 4.69) is 9.97 Å². The standard InChI is InChI=1S/C24H32N4O4/c1-16(29)28-12-9-19(14-28)31-18-5-6-20-21(13-18)25-15-26-22(20)17-7-10-27(11-8-17)23(30)32-24(2,3)4/h5-6,13,15,17,19H,7-12,14H2,1-4H3/t19-/m1/s1. The summed E-state index contributed by atoms with van der Waals surface area (Å²) < 4.78 is 11.6. The van der Waals surface area contributed by atoms with Crippen molar-refractivity contribution in [2.45, 2.75) is 64.6 Å². The number of carbonyl (C=O) groups is 2. The van der Waals surface area contributed by atoms with Crippen molar-refractivity contribution in [1.82, 2.24) is 19.8 Å². The highest BCUT2D eigenvalue weighted by atomic mass is 16.6. The topological polar surface area (TPSA) is 84.9 Å². The molecule has 0 unspecified atom stereocenters. The molecule has 2 saturated heterocycles. The maximum Gasteiger partial charge on any atom is 0.410 e. The number of carbonyl (C=O) groups excluding carboxylic acids is 2. The van der Waals surface area contributed by atoms with Crippen LogP contribution in [0.3, 0.4) is 0 Å². The normalized spacial score (nSPS) is 19.9. The summed E-state index contributed by atoms with van der Waals surface area (Å²) in [6.07, 6.45) is 3.88. The highest BCUT2D eigenvalue weighted by molar-refractivity contribution is 5.82. The fourth-order valence-electron chi connectivity index (χ4n) is 4.42. The van der Waals surface area contributed by atoms with Gasteiger partial charge in [0.05, 0.1) is 17.8 Å². The van der Waals surface area contributed by atoms with Crippen molar-refractivity contribution in [3.05, 3.63) is 30.2 Å². The zero-order valence-corrected chi connectivity index (χ0v) is 19.3. The Hall–Kier alpha value is -2.90. The molecule has 1 aromatic heterocycles. The van der Waals surface area contributed by atoms with E-state index < -0.39 is 5.60 Å². The minimum Gasteiger partial charge on any atom is -0.488 e. The second kappa shape index (κ2) is 8.92. The molecule has 0 N–H and O–H groups in total. The number of benzene rings is 1. The Kier molecular flexibility index (Phi) is 6.22. The van der Waals surface area contributed by atoms with Crippen molar-refractivity contribution < 1.29 is 19.1 Å². The molecule has 1 aromatic carbocycles. The van der Waals surface area contributed by atoms with Crippen molar-refractivity contribution in [1.29, 1.82) is 0 Å². The third-order valence-electron chi connectivity index (χ3n) is 6.07. The van der Waals surface area contributed by atoms with Gasteiger partial charge in [0.25, 0.3) is 0 Å². The molecule has 4 rings (SSSR count). The van der Waals surface area contributed by atoms with Gasteiger partial charge in [-0.2, -0.15) is 0 Å². The third-order valence-corrected chi connectivity index (χ3v) is 6.07. The summed E-state index contributed by atoms with van der Waals surface area (Å²) in [5.74, 6) is 1.12. The summed E-state index contributed by atoms with van der Waals surface area (Å²) in [5.41, 5.74) is 1.39. The third kappa shape index (κ3) is 5.11. The molecule has 0 spiro atoms. The van der Waals surface area contributed by atoms with E-state index in [1.54, 1.807) is 18.2 Å². The molecule has 0 radical (unpaired) electrons. The van der Waals surface area contributed by atoms with Crippen LogP contribution in [0.4, 0.5) is 4.79 Å². The lowest BCUT2D eigenvalue weighted by atomic mass is 9.91. The second-order valence-corrected chi connectivity index (χ2v) is 9.67. The van der Waals surface area contributed by atoms with Crippen LogP contribution < -0.4 is 4.74 Å². The largest absolute Gasteiger partial charge is 0.488 e. The predicted molar refractivity (Wildman–Crippen MR) is 121 cm³/mol. The number of aromatic nitrogens is 2. The molecule has 172 valence electrons. The molecule has 2 aliphatic heterocycles. The van der Waals surface area contributed by atoms with Gasteiger partial charge in [-0.25, -0.2) is 14.8 Å². The van der Waals surface area contributed by atoms with Crippen LogP contribution in [0.25, 0.3) is 10.9 Å². The van der Waals surface area contributed by atoms with Crippen molar-refractivity contribution in [3.63, 3.8) is 0 Å². The van der Waals surface area contributed by atoms with Crippen LogP contribution in [0, 0.1) is 0 Å². The van der Waals surface area contributed by atoms with E-state index in [1.807, 2.05) is 43.9 Å². The Morgan fingerprint density at radius 3 is 2.41 bits per heavy atom. The summed E-state index contributed by atoms with van der Waals surface area (Å²) in [6.45, 7) is 9.91. The maximum atomic E-state index is 12.3. The molecule has 2 aromatic rings. The summed E-state index contributed by atoms with van der Waals surface area (Å²) in [5, 5.41) is 1.02. The van der Waals surface area contributed by atoms with Crippen molar-refractivity contribution in [2.24, 2.45) is 0 Å². The van der Waals surface area contributed by atoms with Gasteiger partial charge in [0.15, 0.2) is 0 Å². The Balaban J connectivity index is 1.42. The Morgan fingerprint density at radius 2 is 1.75 bits per heavy atom. The molecular formula is C24H32N4O4. The highest BCUT2D eigenvalue weighted by Crippen LogP contribution is 2.33. The van der Waals surface area contributed by atoms with Gasteiger partial charge in [0, 0.05) is 50.3 Å². The fourth-order valence-corrected chi connectivity index (χ4v) is 4.42. The molecule has 2 aliphatic rings. The maximum absolute atomic E-state index is 12.3. The zero-order chi connectivity index (χ0) is 22.9. The van der Waals surface area contributed by atoms with Crippen molar-refractivity contribution >= 4 is 22.9 Å². The van der Waals surface area contributed by atoms with E-state index in [0.29, 0.717) is 19.6 Å². The molecule has 8 nitrogen and oxygen atoms in total. The molecule has 3 heterocycles. The van der Waals surface area contributed by atoms with Gasteiger partial charge in [0.2, 0.25) is 5.91 Å². The Morgan fingerprint density at radius 1 is 1.03 bits per heavy atom. The van der Waals surface area contributed by atoms with Crippen LogP contribution in [-0.2, 0) is 9.53 Å². The van der Waals surface area contributed by atoms with Gasteiger partial charge >= 0.3 is 6.09 Å². The number of rotatable bonds is 3. The number of fused-ring (bicyclic) bond motifs is 1. The monoisotopic (exact) mass is 440 g/mol. The molecule has 32 heavy (non-hydrogen) atoms. The average molecular weight is 441 g/mol. The minimum absolute atomic E-state index is 0.00911. The first-order valence-corrected chi connectivity index (χ1v) is 11.3. The van der Waals surface area contributed by atoms with Crippen LogP contribution in [-0.4, -0.2) is 69.7 Å². The fraction of sp³-hybridized carbons (Fsp3) is 0.583. The molecule has 0 saturated carbocycles. The summed E-state index contributed by atoms with van der Waals surface area (Å²) >= 11 is 0. The van der Waals surface area contributed by atoms with Gasteiger partial charge in [-0.3, -0.25) is 4.79 Å². The lowest BCUT2D eigenvalue weighted by molar-refractivity contribution is -0.128. The quantitative estimate of drug-likeness (QED) is 0.723. The number of hydrogen-bond acceptors (Lipinski definition) is 6. The van der Waals surface area contributed by atoms with E-state index in [1.165, 1.54) is 0 Å². The predicted octanol–water partition coefficient (Wildman–Crippen LogP) is 3.74. The lowest BCUT2D eigenvalue weighted by Gasteiger charge is -2.33. The number of nitrogens with zero attached hydrogens (tertiary/aromatic N) is 4. The van der Waals surface area contributed by atoms with Crippen LogP contribution in [0.5, 0.6) is 5.75 Å². The molecule has 0 bridgehead atoms. The zero-order valence-electron chi connectivity index (χ0n) is 19.3. The first kappa shape index (κ1) is 22.3. The molecule has 1 atom stereocenters. The number of hydrogen-bond donors (Lipinski definition) is 0. The molecular weight excluding hydrogens is 408 g/mol. The van der Waals surface area contributed by atoms with Gasteiger partial charge in [-0.1, -0.05) is 0 Å². The number of amides is 2. The Bertz CT molecular complexity index is 995. The van der Waals surface area contributed by atoms with E-state index >= 15 is 0 Å². The van der Waals surface area contributed by atoms with Gasteiger partial charge in [0.1, 0.15) is 23.8 Å². The highest BCUT2D eigenvalue weighted by Gasteiger charge is 2.29. The number of ether oxygens (including phenoxy) is 2. The Labute approximate surface area is 188 Å². The summed E-state index contributed by atoms with van der Waals surface area (Å²) in [4.78, 5) is 36.5. The minimum atomic E-state index is -0.487. The van der Waals surface area contributed by atoms with Crippen LogP contribution in [0.15, 0.2) is 24.5 Å². The van der Waals surface area contributed by atoms with E-state index in [-0.39, 0.29) is 24.0 Å². The summed E-state index contributed by atoms with van der Waals surface area (Å²) in [7, 11) is 0. The van der Waals surface area contributed by atoms with Gasteiger partial charge in [-0.15, -0.1) is 0 Å². The van der Waals surface area contributed by atoms with Crippen LogP contribution in [0.2, 0.25) is 0 Å².